The molecule has 0 saturated heterocycles. The van der Waals surface area contributed by atoms with Gasteiger partial charge in [-0.05, 0) is 57.0 Å². The topological polar surface area (TPSA) is 39.1 Å². The van der Waals surface area contributed by atoms with Crippen molar-refractivity contribution in [2.45, 2.75) is 0 Å². The monoisotopic (exact) mass is 473 g/mol. The number of benzene rings is 3. The summed E-state index contributed by atoms with van der Waals surface area (Å²) in [7, 11) is -4.78. The van der Waals surface area contributed by atoms with Crippen LogP contribution in [0.25, 0.3) is 27.5 Å². The Hall–Kier alpha value is -1.60. The highest BCUT2D eigenvalue weighted by atomic mass is 79.9. The molecular formula is C22H22BrNO2P2. The fourth-order valence-corrected chi connectivity index (χ4v) is 5.68. The Kier molecular flexibility index (Phi) is 4.74. The molecule has 3 aromatic carbocycles. The number of aromatic nitrogens is 1. The molecule has 0 atom stereocenters. The van der Waals surface area contributed by atoms with E-state index in [1.165, 1.54) is 0 Å². The molecule has 0 bridgehead atoms. The first-order valence-corrected chi connectivity index (χ1v) is 15.0. The van der Waals surface area contributed by atoms with E-state index in [0.717, 1.165) is 42.6 Å². The third kappa shape index (κ3) is 3.43. The highest BCUT2D eigenvalue weighted by Crippen LogP contribution is 2.40. The summed E-state index contributed by atoms with van der Waals surface area (Å²) < 4.78 is 28.6. The molecule has 6 heteroatoms. The summed E-state index contributed by atoms with van der Waals surface area (Å²) in [5.41, 5.74) is 3.02. The quantitative estimate of drug-likeness (QED) is 0.340. The van der Waals surface area contributed by atoms with Crippen molar-refractivity contribution in [3.8, 4) is 5.69 Å². The third-order valence-electron chi connectivity index (χ3n) is 5.04. The summed E-state index contributed by atoms with van der Waals surface area (Å²) in [6.07, 6.45) is 0. The van der Waals surface area contributed by atoms with Crippen molar-refractivity contribution in [1.29, 1.82) is 0 Å². The van der Waals surface area contributed by atoms with E-state index in [2.05, 4.69) is 44.8 Å². The summed E-state index contributed by atoms with van der Waals surface area (Å²) >= 11 is 3.57. The number of rotatable bonds is 3. The van der Waals surface area contributed by atoms with E-state index in [0.29, 0.717) is 0 Å². The van der Waals surface area contributed by atoms with Crippen LogP contribution in [0.4, 0.5) is 0 Å². The largest absolute Gasteiger partial charge is 0.319 e. The van der Waals surface area contributed by atoms with Crippen LogP contribution in [0, 0.1) is 0 Å². The normalized spacial score (nSPS) is 12.8. The second-order valence-corrected chi connectivity index (χ2v) is 15.3. The maximum Gasteiger partial charge on any atom is 0.109 e. The molecule has 0 aliphatic rings. The molecule has 0 unspecified atom stereocenters. The van der Waals surface area contributed by atoms with Crippen LogP contribution >= 0.6 is 30.2 Å². The van der Waals surface area contributed by atoms with Gasteiger partial charge in [-0.1, -0.05) is 46.3 Å². The highest BCUT2D eigenvalue weighted by Gasteiger charge is 2.19. The van der Waals surface area contributed by atoms with Crippen molar-refractivity contribution < 1.29 is 9.13 Å². The zero-order valence-corrected chi connectivity index (χ0v) is 19.7. The predicted molar refractivity (Wildman–Crippen MR) is 127 cm³/mol. The first-order valence-electron chi connectivity index (χ1n) is 9.01. The van der Waals surface area contributed by atoms with Gasteiger partial charge in [-0.3, -0.25) is 0 Å². The Labute approximate surface area is 173 Å². The van der Waals surface area contributed by atoms with Crippen molar-refractivity contribution >= 4 is 62.6 Å². The van der Waals surface area contributed by atoms with E-state index in [1.807, 2.05) is 36.4 Å². The molecule has 0 aliphatic carbocycles. The lowest BCUT2D eigenvalue weighted by atomic mass is 10.1. The number of halogens is 1. The standard InChI is InChI=1S/C22H22BrNO2P2/c1-27(2,25)17-8-10-19-20-11-9-18(28(3,4)26)14-22(20)24(21(19)13-17)16-7-5-6-15(23)12-16/h5-14H,1-4H3. The Morgan fingerprint density at radius 3 is 1.64 bits per heavy atom. The summed E-state index contributed by atoms with van der Waals surface area (Å²) in [4.78, 5) is 0. The van der Waals surface area contributed by atoms with Crippen LogP contribution in [0.3, 0.4) is 0 Å². The summed E-state index contributed by atoms with van der Waals surface area (Å²) in [5, 5.41) is 3.91. The molecule has 0 saturated carbocycles. The van der Waals surface area contributed by atoms with Gasteiger partial charge in [-0.25, -0.2) is 0 Å². The number of fused-ring (bicyclic) bond motifs is 3. The SMILES string of the molecule is CP(C)(=O)c1ccc2c3ccc(P(C)(C)=O)cc3n(-c3cccc(Br)c3)c2c1. The van der Waals surface area contributed by atoms with Gasteiger partial charge in [0.25, 0.3) is 0 Å². The van der Waals surface area contributed by atoms with Crippen molar-refractivity contribution in [3.63, 3.8) is 0 Å². The molecule has 4 rings (SSSR count). The van der Waals surface area contributed by atoms with Gasteiger partial charge in [0.15, 0.2) is 0 Å². The van der Waals surface area contributed by atoms with E-state index < -0.39 is 14.3 Å². The Balaban J connectivity index is 2.18. The molecule has 0 N–H and O–H groups in total. The zero-order chi connectivity index (χ0) is 20.3. The molecule has 0 aliphatic heterocycles. The lowest BCUT2D eigenvalue weighted by Gasteiger charge is -2.12. The number of hydrogen-bond donors (Lipinski definition) is 0. The van der Waals surface area contributed by atoms with Crippen LogP contribution in [-0.2, 0) is 9.13 Å². The van der Waals surface area contributed by atoms with Gasteiger partial charge < -0.3 is 13.7 Å². The number of hydrogen-bond acceptors (Lipinski definition) is 2. The van der Waals surface area contributed by atoms with E-state index in [9.17, 15) is 9.13 Å². The molecule has 144 valence electrons. The van der Waals surface area contributed by atoms with Gasteiger partial charge >= 0.3 is 0 Å². The lowest BCUT2D eigenvalue weighted by molar-refractivity contribution is 0.587. The molecule has 0 radical (unpaired) electrons. The number of nitrogens with zero attached hydrogens (tertiary/aromatic N) is 1. The van der Waals surface area contributed by atoms with Gasteiger partial charge in [0.2, 0.25) is 0 Å². The molecule has 1 heterocycles. The Bertz CT molecular complexity index is 1250. The van der Waals surface area contributed by atoms with Crippen LogP contribution in [0.1, 0.15) is 0 Å². The maximum absolute atomic E-state index is 12.7. The van der Waals surface area contributed by atoms with Crippen molar-refractivity contribution in [3.05, 3.63) is 65.1 Å². The minimum atomic E-state index is -2.39. The lowest BCUT2D eigenvalue weighted by Crippen LogP contribution is -2.05. The molecule has 0 spiro atoms. The fraction of sp³-hybridized carbons (Fsp3) is 0.182. The van der Waals surface area contributed by atoms with Crippen LogP contribution in [0.2, 0.25) is 0 Å². The van der Waals surface area contributed by atoms with Crippen LogP contribution in [0.5, 0.6) is 0 Å². The smallest absolute Gasteiger partial charge is 0.109 e. The molecule has 28 heavy (non-hydrogen) atoms. The summed E-state index contributed by atoms with van der Waals surface area (Å²) in [6, 6.07) is 20.2. The van der Waals surface area contributed by atoms with Crippen LogP contribution < -0.4 is 10.6 Å². The molecule has 4 aromatic rings. The van der Waals surface area contributed by atoms with Crippen LogP contribution in [0.15, 0.2) is 65.1 Å². The Morgan fingerprint density at radius 1 is 0.714 bits per heavy atom. The van der Waals surface area contributed by atoms with Gasteiger partial charge in [-0.2, -0.15) is 0 Å². The van der Waals surface area contributed by atoms with Crippen molar-refractivity contribution in [2.24, 2.45) is 0 Å². The molecule has 0 amide bonds. The average Bonchev–Trinajstić information content (AvgIpc) is 2.93. The predicted octanol–water partition coefficient (Wildman–Crippen LogP) is 6.04. The molecular weight excluding hydrogens is 452 g/mol. The Morgan fingerprint density at radius 2 is 1.21 bits per heavy atom. The minimum absolute atomic E-state index is 0.857. The van der Waals surface area contributed by atoms with Gasteiger partial charge in [0.05, 0.1) is 11.0 Å². The first-order chi connectivity index (χ1) is 13.1. The third-order valence-corrected chi connectivity index (χ3v) is 8.58. The molecule has 3 nitrogen and oxygen atoms in total. The summed E-state index contributed by atoms with van der Waals surface area (Å²) in [6.45, 7) is 7.18. The maximum atomic E-state index is 12.7. The van der Waals surface area contributed by atoms with Gasteiger partial charge in [0, 0.05) is 31.5 Å². The second kappa shape index (κ2) is 6.73. The van der Waals surface area contributed by atoms with E-state index in [-0.39, 0.29) is 0 Å². The van der Waals surface area contributed by atoms with E-state index in [1.54, 1.807) is 26.7 Å². The van der Waals surface area contributed by atoms with Gasteiger partial charge in [-0.15, -0.1) is 0 Å². The molecule has 0 fully saturated rings. The van der Waals surface area contributed by atoms with Crippen molar-refractivity contribution in [1.82, 2.24) is 4.57 Å². The highest BCUT2D eigenvalue weighted by molar-refractivity contribution is 9.10. The fourth-order valence-electron chi connectivity index (χ4n) is 3.56. The summed E-state index contributed by atoms with van der Waals surface area (Å²) in [5.74, 6) is 0. The van der Waals surface area contributed by atoms with Crippen molar-refractivity contribution in [2.75, 3.05) is 26.7 Å². The second-order valence-electron chi connectivity index (χ2n) is 7.92. The van der Waals surface area contributed by atoms with E-state index in [4.69, 9.17) is 0 Å². The minimum Gasteiger partial charge on any atom is -0.319 e. The first kappa shape index (κ1) is 19.7. The average molecular weight is 474 g/mol. The zero-order valence-electron chi connectivity index (χ0n) is 16.3. The van der Waals surface area contributed by atoms with E-state index >= 15 is 0 Å². The molecule has 1 aromatic heterocycles. The van der Waals surface area contributed by atoms with Crippen LogP contribution in [-0.4, -0.2) is 31.2 Å². The van der Waals surface area contributed by atoms with Gasteiger partial charge in [0.1, 0.15) is 14.3 Å².